The molecule has 0 aromatic heterocycles. The maximum Gasteiger partial charge on any atom is 0.361 e. The molecule has 3 nitrogen and oxygen atoms in total. The van der Waals surface area contributed by atoms with Gasteiger partial charge in [-0.05, 0) is 41.5 Å². The average molecular weight is 590 g/mol. The predicted octanol–water partition coefficient (Wildman–Crippen LogP) is 3.20. The van der Waals surface area contributed by atoms with E-state index in [9.17, 15) is 26.3 Å². The van der Waals surface area contributed by atoms with Crippen molar-refractivity contribution in [3.63, 3.8) is 0 Å². The van der Waals surface area contributed by atoms with Gasteiger partial charge in [-0.15, -0.1) is 5.19 Å². The first-order chi connectivity index (χ1) is 11.4. The summed E-state index contributed by atoms with van der Waals surface area (Å²) in [5, 5.41) is 23.5. The van der Waals surface area contributed by atoms with E-state index in [1.807, 2.05) is 0 Å². The fourth-order valence-electron chi connectivity index (χ4n) is 1.14. The maximum absolute atomic E-state index is 12.1. The van der Waals surface area contributed by atoms with Crippen molar-refractivity contribution in [1.82, 2.24) is 0 Å². The van der Waals surface area contributed by atoms with Crippen molar-refractivity contribution in [2.75, 3.05) is 0 Å². The molecule has 0 saturated carbocycles. The first-order valence-electron chi connectivity index (χ1n) is 7.82. The number of aliphatic hydroxyl groups is 3. The molecule has 162 valence electrons. The largest absolute Gasteiger partial charge is 0.394 e. The summed E-state index contributed by atoms with van der Waals surface area (Å²) in [7, 11) is -4.92. The van der Waals surface area contributed by atoms with Crippen LogP contribution in [0.4, 0.5) is 26.3 Å². The molecular formula is C16H29F6HfO3Si-. The van der Waals surface area contributed by atoms with Crippen LogP contribution in [-0.4, -0.2) is 54.0 Å². The molecule has 0 unspecified atom stereocenters. The molecule has 0 spiro atoms. The van der Waals surface area contributed by atoms with Gasteiger partial charge < -0.3 is 15.3 Å². The zero-order valence-electron chi connectivity index (χ0n) is 16.2. The summed E-state index contributed by atoms with van der Waals surface area (Å²) < 4.78 is 72.7. The van der Waals surface area contributed by atoms with E-state index in [2.05, 4.69) is 0 Å². The van der Waals surface area contributed by atoms with Crippen LogP contribution in [0.3, 0.4) is 0 Å². The summed E-state index contributed by atoms with van der Waals surface area (Å²) in [4.78, 5) is 0. The molecular weight excluding hydrogens is 561 g/mol. The Bertz CT molecular complexity index is 384. The second kappa shape index (κ2) is 16.8. The van der Waals surface area contributed by atoms with Crippen LogP contribution < -0.4 is 5.19 Å². The average Bonchev–Trinajstić information content (AvgIpc) is 2.74. The fraction of sp³-hybridized carbons (Fsp3) is 0.688. The number of halogens is 6. The zero-order chi connectivity index (χ0) is 21.7. The molecule has 0 saturated heterocycles. The first kappa shape index (κ1) is 34.4. The number of hydrogen-bond acceptors (Lipinski definition) is 3. The van der Waals surface area contributed by atoms with E-state index in [0.717, 1.165) is 12.1 Å². The summed E-state index contributed by atoms with van der Waals surface area (Å²) in [5.41, 5.74) is 0. The van der Waals surface area contributed by atoms with Gasteiger partial charge in [-0.3, -0.25) is 0 Å². The van der Waals surface area contributed by atoms with Crippen LogP contribution in [0.25, 0.3) is 0 Å². The van der Waals surface area contributed by atoms with Gasteiger partial charge in [0.25, 0.3) is 8.80 Å². The molecule has 0 bridgehead atoms. The second-order valence-corrected chi connectivity index (χ2v) is 8.86. The molecule has 0 radical (unpaired) electrons. The van der Waals surface area contributed by atoms with Gasteiger partial charge in [0.05, 0.1) is 0 Å². The SMILES string of the molecule is CC(C)O.CC(C)O.CC(C)O.FC(F)(F)[SiH]([c-]1cccc1)C(F)(F)F.[Hf]. The molecule has 3 N–H and O–H groups in total. The number of rotatable bonds is 1. The van der Waals surface area contributed by atoms with E-state index >= 15 is 0 Å². The Morgan fingerprint density at radius 2 is 0.852 bits per heavy atom. The van der Waals surface area contributed by atoms with Gasteiger partial charge in [0.1, 0.15) is 0 Å². The van der Waals surface area contributed by atoms with Crippen LogP contribution in [0.15, 0.2) is 24.3 Å². The molecule has 1 aromatic carbocycles. The third kappa shape index (κ3) is 28.2. The Balaban J connectivity index is -0.000000169. The zero-order valence-corrected chi connectivity index (χ0v) is 21.0. The van der Waals surface area contributed by atoms with Crippen molar-refractivity contribution in [2.45, 2.75) is 71.5 Å². The molecule has 0 aliphatic carbocycles. The van der Waals surface area contributed by atoms with Crippen LogP contribution in [0.1, 0.15) is 41.5 Å². The molecule has 0 fully saturated rings. The van der Waals surface area contributed by atoms with E-state index in [-0.39, 0.29) is 44.2 Å². The molecule has 11 heteroatoms. The van der Waals surface area contributed by atoms with Gasteiger partial charge in [-0.25, -0.2) is 12.1 Å². The van der Waals surface area contributed by atoms with E-state index in [0.29, 0.717) is 0 Å². The molecule has 27 heavy (non-hydrogen) atoms. The molecule has 0 aliphatic heterocycles. The maximum atomic E-state index is 12.1. The molecule has 0 heterocycles. The minimum Gasteiger partial charge on any atom is -0.394 e. The Labute approximate surface area is 177 Å². The van der Waals surface area contributed by atoms with E-state index in [1.54, 1.807) is 41.5 Å². The van der Waals surface area contributed by atoms with Gasteiger partial charge in [0, 0.05) is 44.2 Å². The predicted molar refractivity (Wildman–Crippen MR) is 93.0 cm³/mol. The molecule has 1 rings (SSSR count). The Morgan fingerprint density at radius 1 is 0.667 bits per heavy atom. The van der Waals surface area contributed by atoms with Gasteiger partial charge in [-0.1, -0.05) is 0 Å². The quantitative estimate of drug-likeness (QED) is 0.268. The first-order valence-corrected chi connectivity index (χ1v) is 9.55. The molecule has 0 atom stereocenters. The summed E-state index contributed by atoms with van der Waals surface area (Å²) in [6.07, 6.45) is -0.500. The van der Waals surface area contributed by atoms with Crippen molar-refractivity contribution in [2.24, 2.45) is 0 Å². The molecule has 1 aromatic rings. The van der Waals surface area contributed by atoms with Gasteiger partial charge in [0.2, 0.25) is 0 Å². The third-order valence-corrected chi connectivity index (χ3v) is 4.04. The van der Waals surface area contributed by atoms with Gasteiger partial charge in [0.15, 0.2) is 0 Å². The smallest absolute Gasteiger partial charge is 0.361 e. The second-order valence-electron chi connectivity index (χ2n) is 6.02. The minimum atomic E-state index is -5.16. The van der Waals surface area contributed by atoms with Crippen molar-refractivity contribution < 1.29 is 67.5 Å². The van der Waals surface area contributed by atoms with Crippen molar-refractivity contribution in [3.05, 3.63) is 24.3 Å². The van der Waals surface area contributed by atoms with Crippen molar-refractivity contribution in [3.8, 4) is 0 Å². The minimum absolute atomic E-state index is 0. The standard InChI is InChI=1S/C7H5F6Si.3C3H8O.Hf/c8-6(9,10)14(7(11,12)13)5-3-1-2-4-5;3*1-3(2)4;/h1-4,14H;3*3-4H,1-2H3;/q-1;;;;. The normalized spacial score (nSPS) is 11.1. The monoisotopic (exact) mass is 591 g/mol. The van der Waals surface area contributed by atoms with Crippen LogP contribution in [0.2, 0.25) is 0 Å². The topological polar surface area (TPSA) is 60.7 Å². The fourth-order valence-corrected chi connectivity index (χ4v) is 2.88. The van der Waals surface area contributed by atoms with Gasteiger partial charge in [-0.2, -0.15) is 38.5 Å². The Morgan fingerprint density at radius 3 is 1.00 bits per heavy atom. The summed E-state index contributed by atoms with van der Waals surface area (Å²) in [5.74, 6) is -10.3. The third-order valence-electron chi connectivity index (χ3n) is 1.68. The van der Waals surface area contributed by atoms with Crippen LogP contribution in [0, 0.1) is 0 Å². The number of alkyl halides is 6. The Kier molecular flexibility index (Phi) is 21.4. The number of hydrogen-bond donors (Lipinski definition) is 3. The van der Waals surface area contributed by atoms with Crippen molar-refractivity contribution >= 4 is 14.0 Å². The van der Waals surface area contributed by atoms with Crippen LogP contribution in [0.5, 0.6) is 0 Å². The van der Waals surface area contributed by atoms with E-state index < -0.39 is 25.6 Å². The van der Waals surface area contributed by atoms with Crippen LogP contribution >= 0.6 is 0 Å². The summed E-state index contributed by atoms with van der Waals surface area (Å²) in [6.45, 7) is 10.3. The molecule has 0 aliphatic rings. The number of aliphatic hydroxyl groups excluding tert-OH is 3. The summed E-state index contributed by atoms with van der Waals surface area (Å²) in [6, 6.07) is 4.09. The van der Waals surface area contributed by atoms with Gasteiger partial charge >= 0.3 is 11.6 Å². The molecule has 0 amide bonds. The van der Waals surface area contributed by atoms with Crippen LogP contribution in [-0.2, 0) is 25.8 Å². The van der Waals surface area contributed by atoms with Crippen molar-refractivity contribution in [1.29, 1.82) is 0 Å². The summed E-state index contributed by atoms with van der Waals surface area (Å²) >= 11 is 0. The Hall–Kier alpha value is -0.103. The van der Waals surface area contributed by atoms with E-state index in [4.69, 9.17) is 15.3 Å². The van der Waals surface area contributed by atoms with E-state index in [1.165, 1.54) is 12.1 Å².